The highest BCUT2D eigenvalue weighted by atomic mass is 35.5. The zero-order valence-electron chi connectivity index (χ0n) is 10.9. The number of nitrogens with one attached hydrogen (secondary N) is 1. The number of benzene rings is 1. The summed E-state index contributed by atoms with van der Waals surface area (Å²) in [6.45, 7) is 4.05. The number of nitrogens with two attached hydrogens (primary N) is 1. The van der Waals surface area contributed by atoms with E-state index in [4.69, 9.17) is 22.5 Å². The maximum Gasteiger partial charge on any atom is 0.231 e. The van der Waals surface area contributed by atoms with E-state index < -0.39 is 5.92 Å². The van der Waals surface area contributed by atoms with Crippen LogP contribution in [-0.2, 0) is 11.3 Å². The van der Waals surface area contributed by atoms with Crippen molar-refractivity contribution in [2.45, 2.75) is 20.4 Å². The Morgan fingerprint density at radius 3 is 2.47 bits per heavy atom. The predicted molar refractivity (Wildman–Crippen MR) is 75.0 cm³/mol. The highest BCUT2D eigenvalue weighted by Crippen LogP contribution is 2.13. The van der Waals surface area contributed by atoms with Crippen LogP contribution in [0.1, 0.15) is 19.4 Å². The van der Waals surface area contributed by atoms with Gasteiger partial charge in [-0.2, -0.15) is 0 Å². The fraction of sp³-hybridized carbons (Fsp3) is 0.385. The summed E-state index contributed by atoms with van der Waals surface area (Å²) in [6, 6.07) is 7.17. The Morgan fingerprint density at radius 1 is 1.42 bits per heavy atom. The van der Waals surface area contributed by atoms with E-state index >= 15 is 0 Å². The highest BCUT2D eigenvalue weighted by molar-refractivity contribution is 6.30. The molecular weight excluding hydrogens is 266 g/mol. The molecule has 1 rings (SSSR count). The number of oxime groups is 1. The van der Waals surface area contributed by atoms with Gasteiger partial charge >= 0.3 is 0 Å². The summed E-state index contributed by atoms with van der Waals surface area (Å²) in [4.78, 5) is 12.0. The van der Waals surface area contributed by atoms with Gasteiger partial charge in [0.15, 0.2) is 5.84 Å². The summed E-state index contributed by atoms with van der Waals surface area (Å²) >= 11 is 5.78. The molecular formula is C13H18ClN3O2. The zero-order valence-corrected chi connectivity index (χ0v) is 11.7. The molecule has 0 aliphatic heterocycles. The van der Waals surface area contributed by atoms with Gasteiger partial charge in [-0.15, -0.1) is 0 Å². The number of carbonyl (C=O) groups excluding carboxylic acids is 1. The largest absolute Gasteiger partial charge is 0.409 e. The molecule has 0 saturated heterocycles. The number of carbonyl (C=O) groups is 1. The molecule has 0 bridgehead atoms. The number of hydrogen-bond donors (Lipinski definition) is 3. The Kier molecular flexibility index (Phi) is 5.63. The van der Waals surface area contributed by atoms with Gasteiger partial charge in [0.1, 0.15) is 5.92 Å². The minimum atomic E-state index is -0.641. The van der Waals surface area contributed by atoms with Crippen LogP contribution in [0, 0.1) is 11.8 Å². The molecule has 1 amide bonds. The molecule has 0 saturated carbocycles. The van der Waals surface area contributed by atoms with Gasteiger partial charge in [0, 0.05) is 11.6 Å². The lowest BCUT2D eigenvalue weighted by molar-refractivity contribution is -0.124. The maximum atomic E-state index is 12.0. The third kappa shape index (κ3) is 4.44. The normalized spacial score (nSPS) is 13.4. The molecule has 5 nitrogen and oxygen atoms in total. The molecule has 0 aromatic heterocycles. The first kappa shape index (κ1) is 15.3. The summed E-state index contributed by atoms with van der Waals surface area (Å²) in [7, 11) is 0. The van der Waals surface area contributed by atoms with E-state index in [0.29, 0.717) is 11.6 Å². The Balaban J connectivity index is 2.65. The van der Waals surface area contributed by atoms with Crippen molar-refractivity contribution in [3.05, 3.63) is 34.9 Å². The zero-order chi connectivity index (χ0) is 14.4. The second kappa shape index (κ2) is 6.99. The molecule has 0 radical (unpaired) electrons. The third-order valence-electron chi connectivity index (χ3n) is 2.76. The van der Waals surface area contributed by atoms with Crippen molar-refractivity contribution in [3.63, 3.8) is 0 Å². The molecule has 19 heavy (non-hydrogen) atoms. The van der Waals surface area contributed by atoms with Crippen molar-refractivity contribution < 1.29 is 10.0 Å². The van der Waals surface area contributed by atoms with Crippen molar-refractivity contribution >= 4 is 23.3 Å². The van der Waals surface area contributed by atoms with E-state index in [1.165, 1.54) is 0 Å². The lowest BCUT2D eigenvalue weighted by atomic mass is 9.94. The van der Waals surface area contributed by atoms with E-state index in [9.17, 15) is 4.79 Å². The van der Waals surface area contributed by atoms with Crippen LogP contribution in [0.25, 0.3) is 0 Å². The summed E-state index contributed by atoms with van der Waals surface area (Å²) in [5.74, 6) is -1.04. The van der Waals surface area contributed by atoms with Crippen molar-refractivity contribution in [3.8, 4) is 0 Å². The Bertz CT molecular complexity index is 457. The van der Waals surface area contributed by atoms with E-state index in [2.05, 4.69) is 10.5 Å². The van der Waals surface area contributed by atoms with E-state index in [1.54, 1.807) is 12.1 Å². The maximum absolute atomic E-state index is 12.0. The first-order valence-corrected chi connectivity index (χ1v) is 6.33. The topological polar surface area (TPSA) is 87.7 Å². The smallest absolute Gasteiger partial charge is 0.231 e. The molecule has 4 N–H and O–H groups in total. The van der Waals surface area contributed by atoms with Gasteiger partial charge in [-0.25, -0.2) is 0 Å². The standard InChI is InChI=1S/C13H18ClN3O2/c1-8(2)11(12(15)17-19)13(18)16-7-9-3-5-10(14)6-4-9/h3-6,8,11,19H,7H2,1-2H3,(H2,15,17)(H,16,18). The van der Waals surface area contributed by atoms with Crippen molar-refractivity contribution in [2.24, 2.45) is 22.7 Å². The SMILES string of the molecule is CC(C)C(C(=O)NCc1ccc(Cl)cc1)C(N)=NO. The van der Waals surface area contributed by atoms with Gasteiger partial charge in [-0.1, -0.05) is 42.7 Å². The first-order chi connectivity index (χ1) is 8.95. The lowest BCUT2D eigenvalue weighted by Crippen LogP contribution is -2.41. The minimum Gasteiger partial charge on any atom is -0.409 e. The van der Waals surface area contributed by atoms with Crippen LogP contribution in [0.3, 0.4) is 0 Å². The van der Waals surface area contributed by atoms with E-state index in [1.807, 2.05) is 26.0 Å². The number of halogens is 1. The average molecular weight is 284 g/mol. The molecule has 0 fully saturated rings. The molecule has 1 atom stereocenters. The molecule has 0 heterocycles. The van der Waals surface area contributed by atoms with E-state index in [-0.39, 0.29) is 17.7 Å². The molecule has 1 aromatic carbocycles. The summed E-state index contributed by atoms with van der Waals surface area (Å²) < 4.78 is 0. The first-order valence-electron chi connectivity index (χ1n) is 5.95. The molecule has 104 valence electrons. The van der Waals surface area contributed by atoms with Crippen LogP contribution >= 0.6 is 11.6 Å². The number of amidine groups is 1. The summed E-state index contributed by atoms with van der Waals surface area (Å²) in [5.41, 5.74) is 6.46. The second-order valence-electron chi connectivity index (χ2n) is 4.59. The van der Waals surface area contributed by atoms with E-state index in [0.717, 1.165) is 5.56 Å². The third-order valence-corrected chi connectivity index (χ3v) is 3.02. The van der Waals surface area contributed by atoms with Gasteiger partial charge in [0.2, 0.25) is 5.91 Å². The summed E-state index contributed by atoms with van der Waals surface area (Å²) in [6.07, 6.45) is 0. The molecule has 0 aliphatic rings. The predicted octanol–water partition coefficient (Wildman–Crippen LogP) is 1.97. The number of nitrogens with zero attached hydrogens (tertiary/aromatic N) is 1. The molecule has 0 spiro atoms. The van der Waals surface area contributed by atoms with Gasteiger partial charge in [0.25, 0.3) is 0 Å². The van der Waals surface area contributed by atoms with Crippen LogP contribution < -0.4 is 11.1 Å². The van der Waals surface area contributed by atoms with Gasteiger partial charge in [-0.05, 0) is 23.6 Å². The van der Waals surface area contributed by atoms with Crippen LogP contribution in [0.2, 0.25) is 5.02 Å². The van der Waals surface area contributed by atoms with Crippen LogP contribution in [-0.4, -0.2) is 17.0 Å². The average Bonchev–Trinajstić information content (AvgIpc) is 2.37. The Hall–Kier alpha value is -1.75. The quantitative estimate of drug-likeness (QED) is 0.334. The highest BCUT2D eigenvalue weighted by Gasteiger charge is 2.26. The fourth-order valence-electron chi connectivity index (χ4n) is 1.74. The van der Waals surface area contributed by atoms with Crippen molar-refractivity contribution in [1.82, 2.24) is 5.32 Å². The second-order valence-corrected chi connectivity index (χ2v) is 5.03. The fourth-order valence-corrected chi connectivity index (χ4v) is 1.87. The lowest BCUT2D eigenvalue weighted by Gasteiger charge is -2.18. The van der Waals surface area contributed by atoms with Gasteiger partial charge < -0.3 is 16.3 Å². The minimum absolute atomic E-state index is 0.0545. The number of amides is 1. The van der Waals surface area contributed by atoms with Gasteiger partial charge in [0.05, 0.1) is 0 Å². The summed E-state index contributed by atoms with van der Waals surface area (Å²) in [5, 5.41) is 15.0. The molecule has 0 aliphatic carbocycles. The molecule has 1 aromatic rings. The molecule has 6 heteroatoms. The van der Waals surface area contributed by atoms with Crippen LogP contribution in [0.5, 0.6) is 0 Å². The Morgan fingerprint density at radius 2 is 2.00 bits per heavy atom. The molecule has 1 unspecified atom stereocenters. The number of rotatable bonds is 5. The monoisotopic (exact) mass is 283 g/mol. The van der Waals surface area contributed by atoms with Crippen molar-refractivity contribution in [1.29, 1.82) is 0 Å². The number of hydrogen-bond acceptors (Lipinski definition) is 3. The van der Waals surface area contributed by atoms with Crippen LogP contribution in [0.15, 0.2) is 29.4 Å². The van der Waals surface area contributed by atoms with Crippen LogP contribution in [0.4, 0.5) is 0 Å². The van der Waals surface area contributed by atoms with Gasteiger partial charge in [-0.3, -0.25) is 4.79 Å². The van der Waals surface area contributed by atoms with Crippen molar-refractivity contribution in [2.75, 3.05) is 0 Å². The Labute approximate surface area is 117 Å².